The molecule has 17 heavy (non-hydrogen) atoms. The quantitative estimate of drug-likeness (QED) is 0.900. The normalized spacial score (nSPS) is 23.1. The molecule has 3 heteroatoms. The Balaban J connectivity index is 2.35. The van der Waals surface area contributed by atoms with Gasteiger partial charge in [0.15, 0.2) is 0 Å². The standard InChI is InChI=1S/C14H21BrN2/c1-10-9-11(15)5-6-12(10)17-8-7-13(16-4)14(17,2)3/h5-6,9,13,16H,7-8H2,1-4H3. The summed E-state index contributed by atoms with van der Waals surface area (Å²) in [7, 11) is 2.06. The first-order valence-corrected chi connectivity index (χ1v) is 6.97. The third-order valence-corrected chi connectivity index (χ3v) is 4.48. The zero-order valence-corrected chi connectivity index (χ0v) is 12.6. The Hall–Kier alpha value is -0.540. The van der Waals surface area contributed by atoms with Crippen LogP contribution in [0.1, 0.15) is 25.8 Å². The highest BCUT2D eigenvalue weighted by atomic mass is 79.9. The Kier molecular flexibility index (Phi) is 3.50. The van der Waals surface area contributed by atoms with Gasteiger partial charge in [-0.05, 0) is 58.0 Å². The summed E-state index contributed by atoms with van der Waals surface area (Å²) in [6.45, 7) is 7.95. The molecule has 1 aromatic carbocycles. The Bertz CT molecular complexity index is 415. The number of nitrogens with zero attached hydrogens (tertiary/aromatic N) is 1. The van der Waals surface area contributed by atoms with E-state index in [1.165, 1.54) is 17.7 Å². The molecule has 1 heterocycles. The molecule has 1 aliphatic heterocycles. The minimum atomic E-state index is 0.174. The van der Waals surface area contributed by atoms with Crippen LogP contribution in [0.3, 0.4) is 0 Å². The van der Waals surface area contributed by atoms with E-state index in [1.807, 2.05) is 0 Å². The molecule has 1 aliphatic rings. The molecule has 1 N–H and O–H groups in total. The molecule has 0 aliphatic carbocycles. The molecule has 1 atom stereocenters. The van der Waals surface area contributed by atoms with Crippen LogP contribution in [0.5, 0.6) is 0 Å². The van der Waals surface area contributed by atoms with Gasteiger partial charge in [-0.3, -0.25) is 0 Å². The lowest BCUT2D eigenvalue weighted by Gasteiger charge is -2.38. The average molecular weight is 297 g/mol. The molecule has 1 fully saturated rings. The van der Waals surface area contributed by atoms with Crippen molar-refractivity contribution in [1.29, 1.82) is 0 Å². The first-order chi connectivity index (χ1) is 7.96. The van der Waals surface area contributed by atoms with Crippen LogP contribution < -0.4 is 10.2 Å². The van der Waals surface area contributed by atoms with Gasteiger partial charge in [-0.2, -0.15) is 0 Å². The van der Waals surface area contributed by atoms with Gasteiger partial charge in [-0.15, -0.1) is 0 Å². The zero-order valence-electron chi connectivity index (χ0n) is 11.0. The van der Waals surface area contributed by atoms with E-state index in [2.05, 4.69) is 72.2 Å². The van der Waals surface area contributed by atoms with Crippen molar-refractivity contribution in [2.75, 3.05) is 18.5 Å². The minimum absolute atomic E-state index is 0.174. The predicted molar refractivity (Wildman–Crippen MR) is 77.8 cm³/mol. The van der Waals surface area contributed by atoms with Gasteiger partial charge in [0.05, 0.1) is 0 Å². The Morgan fingerprint density at radius 1 is 1.41 bits per heavy atom. The van der Waals surface area contributed by atoms with Gasteiger partial charge >= 0.3 is 0 Å². The summed E-state index contributed by atoms with van der Waals surface area (Å²) in [6, 6.07) is 7.10. The van der Waals surface area contributed by atoms with Crippen LogP contribution in [-0.4, -0.2) is 25.2 Å². The van der Waals surface area contributed by atoms with E-state index < -0.39 is 0 Å². The lowest BCUT2D eigenvalue weighted by atomic mass is 9.95. The van der Waals surface area contributed by atoms with Crippen LogP contribution >= 0.6 is 15.9 Å². The number of anilines is 1. The molecular weight excluding hydrogens is 276 g/mol. The third-order valence-electron chi connectivity index (χ3n) is 3.99. The number of aryl methyl sites for hydroxylation is 1. The van der Waals surface area contributed by atoms with Gasteiger partial charge in [-0.25, -0.2) is 0 Å². The van der Waals surface area contributed by atoms with Crippen LogP contribution in [0.4, 0.5) is 5.69 Å². The van der Waals surface area contributed by atoms with Crippen molar-refractivity contribution in [3.8, 4) is 0 Å². The van der Waals surface area contributed by atoms with E-state index in [1.54, 1.807) is 0 Å². The lowest BCUT2D eigenvalue weighted by Crippen LogP contribution is -2.50. The summed E-state index contributed by atoms with van der Waals surface area (Å²) in [5.74, 6) is 0. The number of benzene rings is 1. The summed E-state index contributed by atoms with van der Waals surface area (Å²) >= 11 is 3.53. The summed E-state index contributed by atoms with van der Waals surface area (Å²) < 4.78 is 1.15. The fourth-order valence-corrected chi connectivity index (χ4v) is 3.41. The van der Waals surface area contributed by atoms with E-state index in [0.29, 0.717) is 6.04 Å². The first-order valence-electron chi connectivity index (χ1n) is 6.18. The largest absolute Gasteiger partial charge is 0.365 e. The van der Waals surface area contributed by atoms with Crippen LogP contribution in [-0.2, 0) is 0 Å². The van der Waals surface area contributed by atoms with Gasteiger partial charge in [0.25, 0.3) is 0 Å². The van der Waals surface area contributed by atoms with Crippen LogP contribution in [0, 0.1) is 6.92 Å². The maximum absolute atomic E-state index is 3.53. The predicted octanol–water partition coefficient (Wildman–Crippen LogP) is 3.33. The molecule has 1 saturated heterocycles. The minimum Gasteiger partial charge on any atom is -0.365 e. The summed E-state index contributed by atoms with van der Waals surface area (Å²) in [4.78, 5) is 2.52. The molecule has 0 radical (unpaired) electrons. The SMILES string of the molecule is CNC1CCN(c2ccc(Br)cc2C)C1(C)C. The fourth-order valence-electron chi connectivity index (χ4n) is 2.94. The van der Waals surface area contributed by atoms with Crippen molar-refractivity contribution in [3.63, 3.8) is 0 Å². The molecule has 0 bridgehead atoms. The van der Waals surface area contributed by atoms with Gasteiger partial charge in [0.1, 0.15) is 0 Å². The van der Waals surface area contributed by atoms with Crippen LogP contribution in [0.15, 0.2) is 22.7 Å². The van der Waals surface area contributed by atoms with E-state index in [0.717, 1.165) is 11.0 Å². The topological polar surface area (TPSA) is 15.3 Å². The molecule has 0 saturated carbocycles. The molecule has 2 rings (SSSR count). The second-order valence-corrected chi connectivity index (χ2v) is 6.28. The van der Waals surface area contributed by atoms with Crippen molar-refractivity contribution in [2.45, 2.75) is 38.8 Å². The van der Waals surface area contributed by atoms with E-state index in [4.69, 9.17) is 0 Å². The zero-order chi connectivity index (χ0) is 12.6. The Morgan fingerprint density at radius 2 is 2.12 bits per heavy atom. The highest BCUT2D eigenvalue weighted by molar-refractivity contribution is 9.10. The highest BCUT2D eigenvalue weighted by Gasteiger charge is 2.40. The Labute approximate surface area is 113 Å². The maximum atomic E-state index is 3.53. The number of likely N-dealkylation sites (N-methyl/N-ethyl adjacent to an activating group) is 1. The molecule has 0 spiro atoms. The first kappa shape index (κ1) is 12.9. The fraction of sp³-hybridized carbons (Fsp3) is 0.571. The van der Waals surface area contributed by atoms with Gasteiger partial charge in [0, 0.05) is 28.3 Å². The van der Waals surface area contributed by atoms with Crippen LogP contribution in [0.25, 0.3) is 0 Å². The van der Waals surface area contributed by atoms with E-state index in [9.17, 15) is 0 Å². The highest BCUT2D eigenvalue weighted by Crippen LogP contribution is 2.36. The molecular formula is C14H21BrN2. The number of halogens is 1. The monoisotopic (exact) mass is 296 g/mol. The van der Waals surface area contributed by atoms with Crippen molar-refractivity contribution in [2.24, 2.45) is 0 Å². The average Bonchev–Trinajstić information content (AvgIpc) is 2.54. The maximum Gasteiger partial charge on any atom is 0.0499 e. The van der Waals surface area contributed by atoms with Crippen molar-refractivity contribution >= 4 is 21.6 Å². The second-order valence-electron chi connectivity index (χ2n) is 5.37. The number of hydrogen-bond acceptors (Lipinski definition) is 2. The van der Waals surface area contributed by atoms with Gasteiger partial charge in [-0.1, -0.05) is 15.9 Å². The summed E-state index contributed by atoms with van der Waals surface area (Å²) in [6.07, 6.45) is 1.21. The van der Waals surface area contributed by atoms with Gasteiger partial charge < -0.3 is 10.2 Å². The molecule has 94 valence electrons. The van der Waals surface area contributed by atoms with Gasteiger partial charge in [0.2, 0.25) is 0 Å². The lowest BCUT2D eigenvalue weighted by molar-refractivity contribution is 0.402. The van der Waals surface area contributed by atoms with E-state index >= 15 is 0 Å². The Morgan fingerprint density at radius 3 is 2.65 bits per heavy atom. The molecule has 1 aromatic rings. The number of hydrogen-bond donors (Lipinski definition) is 1. The number of nitrogens with one attached hydrogen (secondary N) is 1. The van der Waals surface area contributed by atoms with Crippen molar-refractivity contribution in [3.05, 3.63) is 28.2 Å². The molecule has 2 nitrogen and oxygen atoms in total. The molecule has 0 aromatic heterocycles. The summed E-state index contributed by atoms with van der Waals surface area (Å²) in [5.41, 5.74) is 2.87. The van der Waals surface area contributed by atoms with Crippen LogP contribution in [0.2, 0.25) is 0 Å². The van der Waals surface area contributed by atoms with Crippen molar-refractivity contribution in [1.82, 2.24) is 5.32 Å². The third kappa shape index (κ3) is 2.23. The molecule has 0 amide bonds. The van der Waals surface area contributed by atoms with Crippen molar-refractivity contribution < 1.29 is 0 Å². The summed E-state index contributed by atoms with van der Waals surface area (Å²) in [5, 5.41) is 3.43. The molecule has 1 unspecified atom stereocenters. The van der Waals surface area contributed by atoms with E-state index in [-0.39, 0.29) is 5.54 Å². The number of rotatable bonds is 2. The smallest absolute Gasteiger partial charge is 0.0499 e. The second kappa shape index (κ2) is 4.62.